The van der Waals surface area contributed by atoms with Gasteiger partial charge in [0.15, 0.2) is 0 Å². The average molecular weight is 467 g/mol. The van der Waals surface area contributed by atoms with Crippen molar-refractivity contribution in [1.29, 1.82) is 0 Å². The fraction of sp³-hybridized carbons (Fsp3) is 0.172. The first-order valence-corrected chi connectivity index (χ1v) is 11.6. The van der Waals surface area contributed by atoms with E-state index in [4.69, 9.17) is 5.73 Å². The first-order valence-electron chi connectivity index (χ1n) is 11.6. The normalized spacial score (nSPS) is 19.4. The molecule has 2 aliphatic rings. The van der Waals surface area contributed by atoms with E-state index in [9.17, 15) is 10.1 Å². The predicted molar refractivity (Wildman–Crippen MR) is 144 cm³/mol. The first-order chi connectivity index (χ1) is 16.8. The monoisotopic (exact) mass is 466 g/mol. The maximum atomic E-state index is 11.2. The zero-order valence-corrected chi connectivity index (χ0v) is 19.9. The Morgan fingerprint density at radius 3 is 2.09 bits per heavy atom. The Morgan fingerprint density at radius 2 is 1.43 bits per heavy atom. The highest BCUT2D eigenvalue weighted by atomic mass is 16.6. The number of hydrogen-bond donors (Lipinski definition) is 3. The van der Waals surface area contributed by atoms with E-state index in [1.54, 1.807) is 24.3 Å². The van der Waals surface area contributed by atoms with Crippen LogP contribution in [0.4, 0.5) is 11.4 Å². The molecule has 2 unspecified atom stereocenters. The van der Waals surface area contributed by atoms with Crippen LogP contribution in [0.3, 0.4) is 0 Å². The van der Waals surface area contributed by atoms with Gasteiger partial charge >= 0.3 is 0 Å². The lowest BCUT2D eigenvalue weighted by molar-refractivity contribution is -0.496. The molecule has 0 bridgehead atoms. The fourth-order valence-corrected chi connectivity index (χ4v) is 4.08. The summed E-state index contributed by atoms with van der Waals surface area (Å²) >= 11 is 0. The molecule has 0 saturated heterocycles. The molecule has 178 valence electrons. The number of anilines is 2. The van der Waals surface area contributed by atoms with Crippen molar-refractivity contribution < 1.29 is 4.92 Å². The van der Waals surface area contributed by atoms with Crippen molar-refractivity contribution in [1.82, 2.24) is 0 Å². The maximum absolute atomic E-state index is 11.2. The van der Waals surface area contributed by atoms with Crippen LogP contribution >= 0.6 is 0 Å². The highest BCUT2D eigenvalue weighted by Gasteiger charge is 2.23. The third kappa shape index (κ3) is 5.98. The Hall–Kier alpha value is -4.32. The van der Waals surface area contributed by atoms with Gasteiger partial charge in [-0.05, 0) is 59.7 Å². The molecular formula is C29H30N4O2. The molecule has 0 aliphatic heterocycles. The van der Waals surface area contributed by atoms with E-state index in [-0.39, 0.29) is 16.4 Å². The molecule has 0 spiro atoms. The van der Waals surface area contributed by atoms with Crippen molar-refractivity contribution in [3.63, 3.8) is 0 Å². The summed E-state index contributed by atoms with van der Waals surface area (Å²) in [5.41, 5.74) is 11.5. The lowest BCUT2D eigenvalue weighted by Gasteiger charge is -2.27. The smallest absolute Gasteiger partial charge is 0.252 e. The summed E-state index contributed by atoms with van der Waals surface area (Å²) in [7, 11) is 0. The summed E-state index contributed by atoms with van der Waals surface area (Å²) in [6.07, 6.45) is 18.4. The second kappa shape index (κ2) is 10.3. The third-order valence-electron chi connectivity index (χ3n) is 6.21. The van der Waals surface area contributed by atoms with E-state index < -0.39 is 6.04 Å². The molecule has 0 heterocycles. The van der Waals surface area contributed by atoms with E-state index in [1.807, 2.05) is 42.5 Å². The Morgan fingerprint density at radius 1 is 0.829 bits per heavy atom. The number of hydrogen-bond acceptors (Lipinski definition) is 5. The van der Waals surface area contributed by atoms with Crippen molar-refractivity contribution in [2.24, 2.45) is 5.73 Å². The zero-order valence-electron chi connectivity index (χ0n) is 19.9. The van der Waals surface area contributed by atoms with Crippen LogP contribution < -0.4 is 16.4 Å². The standard InChI is InChI=1S/C29H30N4O2/c1-29(2,21-11-15-24(16-12-21)31-26-8-4-3-7-23(30)19-26)22-13-17-25(18-14-22)32-27-9-5-6-10-28(20-27)33(34)35/h3-20,26,28,31-32H,30H2,1-2H3. The molecule has 4 rings (SSSR count). The van der Waals surface area contributed by atoms with Crippen LogP contribution in [0, 0.1) is 10.1 Å². The Balaban J connectivity index is 1.45. The molecule has 2 aromatic carbocycles. The summed E-state index contributed by atoms with van der Waals surface area (Å²) in [5.74, 6) is 0. The summed E-state index contributed by atoms with van der Waals surface area (Å²) in [6, 6.07) is 15.9. The average Bonchev–Trinajstić information content (AvgIpc) is 3.20. The highest BCUT2D eigenvalue weighted by Crippen LogP contribution is 2.33. The second-order valence-electron chi connectivity index (χ2n) is 9.13. The van der Waals surface area contributed by atoms with Crippen molar-refractivity contribution in [3.8, 4) is 0 Å². The summed E-state index contributed by atoms with van der Waals surface area (Å²) < 4.78 is 0. The van der Waals surface area contributed by atoms with Crippen LogP contribution in [0.1, 0.15) is 25.0 Å². The largest absolute Gasteiger partial charge is 0.399 e. The number of allylic oxidation sites excluding steroid dienone is 6. The van der Waals surface area contributed by atoms with Crippen molar-refractivity contribution in [2.45, 2.75) is 31.3 Å². The molecule has 2 aliphatic carbocycles. The Kier molecular flexibility index (Phi) is 7.01. The van der Waals surface area contributed by atoms with Crippen LogP contribution in [0.15, 0.2) is 121 Å². The fourth-order valence-electron chi connectivity index (χ4n) is 4.08. The van der Waals surface area contributed by atoms with Crippen LogP contribution in [0.2, 0.25) is 0 Å². The molecule has 0 saturated carbocycles. The molecule has 6 nitrogen and oxygen atoms in total. The summed E-state index contributed by atoms with van der Waals surface area (Å²) in [4.78, 5) is 10.9. The minimum absolute atomic E-state index is 0.0405. The number of benzene rings is 2. The van der Waals surface area contributed by atoms with E-state index in [2.05, 4.69) is 67.0 Å². The molecule has 0 radical (unpaired) electrons. The molecule has 2 aromatic rings. The molecule has 4 N–H and O–H groups in total. The van der Waals surface area contributed by atoms with E-state index in [0.717, 1.165) is 17.1 Å². The van der Waals surface area contributed by atoms with Gasteiger partial charge < -0.3 is 16.4 Å². The minimum Gasteiger partial charge on any atom is -0.399 e. The SMILES string of the molecule is CC(C)(c1ccc(NC2=CC([N+](=O)[O-])C=CC=C2)cc1)c1ccc(NC2C=CC=CC(N)=C2)cc1. The number of nitrogens with zero attached hydrogens (tertiary/aromatic N) is 1. The lowest BCUT2D eigenvalue weighted by atomic mass is 9.78. The van der Waals surface area contributed by atoms with Gasteiger partial charge in [-0.1, -0.05) is 68.5 Å². The van der Waals surface area contributed by atoms with Crippen molar-refractivity contribution in [3.05, 3.63) is 142 Å². The van der Waals surface area contributed by atoms with E-state index in [0.29, 0.717) is 5.70 Å². The van der Waals surface area contributed by atoms with Crippen LogP contribution in [-0.4, -0.2) is 17.0 Å². The molecule has 35 heavy (non-hydrogen) atoms. The van der Waals surface area contributed by atoms with Gasteiger partial charge in [0.25, 0.3) is 6.04 Å². The predicted octanol–water partition coefficient (Wildman–Crippen LogP) is 5.83. The topological polar surface area (TPSA) is 93.2 Å². The number of nitro groups is 1. The molecule has 0 fully saturated rings. The maximum Gasteiger partial charge on any atom is 0.252 e. The summed E-state index contributed by atoms with van der Waals surface area (Å²) in [5, 5.41) is 17.9. The van der Waals surface area contributed by atoms with Gasteiger partial charge in [0.1, 0.15) is 0 Å². The number of nitrogens with two attached hydrogens (primary N) is 1. The van der Waals surface area contributed by atoms with Crippen LogP contribution in [-0.2, 0) is 5.41 Å². The van der Waals surface area contributed by atoms with Gasteiger partial charge in [0, 0.05) is 39.2 Å². The van der Waals surface area contributed by atoms with Gasteiger partial charge in [-0.15, -0.1) is 0 Å². The minimum atomic E-state index is -0.841. The quantitative estimate of drug-likeness (QED) is 0.353. The van der Waals surface area contributed by atoms with Gasteiger partial charge in [-0.3, -0.25) is 10.1 Å². The van der Waals surface area contributed by atoms with Crippen LogP contribution in [0.25, 0.3) is 0 Å². The number of rotatable bonds is 7. The Bertz CT molecular complexity index is 1250. The van der Waals surface area contributed by atoms with Gasteiger partial charge in [0.2, 0.25) is 0 Å². The van der Waals surface area contributed by atoms with Gasteiger partial charge in [-0.25, -0.2) is 0 Å². The van der Waals surface area contributed by atoms with Crippen LogP contribution in [0.5, 0.6) is 0 Å². The second-order valence-corrected chi connectivity index (χ2v) is 9.13. The van der Waals surface area contributed by atoms with Crippen molar-refractivity contribution >= 4 is 11.4 Å². The Labute approximate surface area is 206 Å². The molecule has 0 amide bonds. The van der Waals surface area contributed by atoms with Crippen molar-refractivity contribution in [2.75, 3.05) is 10.6 Å². The zero-order chi connectivity index (χ0) is 24.8. The third-order valence-corrected chi connectivity index (χ3v) is 6.21. The molecule has 6 heteroatoms. The van der Waals surface area contributed by atoms with E-state index >= 15 is 0 Å². The highest BCUT2D eigenvalue weighted by molar-refractivity contribution is 5.55. The molecule has 0 aromatic heterocycles. The molecular weight excluding hydrogens is 436 g/mol. The summed E-state index contributed by atoms with van der Waals surface area (Å²) in [6.45, 7) is 4.40. The van der Waals surface area contributed by atoms with Gasteiger partial charge in [-0.2, -0.15) is 0 Å². The number of nitrogens with one attached hydrogen (secondary N) is 2. The lowest BCUT2D eigenvalue weighted by Crippen LogP contribution is -2.19. The first kappa shape index (κ1) is 23.8. The molecule has 2 atom stereocenters. The van der Waals surface area contributed by atoms with E-state index in [1.165, 1.54) is 11.1 Å². The van der Waals surface area contributed by atoms with Gasteiger partial charge in [0.05, 0.1) is 6.04 Å².